The van der Waals surface area contributed by atoms with Crippen LogP contribution in [0.1, 0.15) is 54.7 Å². The lowest BCUT2D eigenvalue weighted by atomic mass is 9.64. The molecule has 0 radical (unpaired) electrons. The molecule has 39 heavy (non-hydrogen) atoms. The molecule has 3 rings (SSSR count). The summed E-state index contributed by atoms with van der Waals surface area (Å²) in [6.07, 6.45) is 3.35. The summed E-state index contributed by atoms with van der Waals surface area (Å²) in [5.41, 5.74) is -2.35. The van der Waals surface area contributed by atoms with Crippen LogP contribution in [0.3, 0.4) is 0 Å². The average Bonchev–Trinajstić information content (AvgIpc) is 2.85. The number of benzene rings is 1. The Morgan fingerprint density at radius 2 is 1.92 bits per heavy atom. The van der Waals surface area contributed by atoms with Crippen molar-refractivity contribution in [3.63, 3.8) is 0 Å². The maximum absolute atomic E-state index is 14.1. The zero-order chi connectivity index (χ0) is 29.3. The van der Waals surface area contributed by atoms with E-state index in [0.717, 1.165) is 6.07 Å². The van der Waals surface area contributed by atoms with Gasteiger partial charge < -0.3 is 10.2 Å². The minimum Gasteiger partial charge on any atom is -0.503 e. The van der Waals surface area contributed by atoms with Gasteiger partial charge in [0.1, 0.15) is 28.0 Å². The van der Waals surface area contributed by atoms with Gasteiger partial charge in [0.05, 0.1) is 10.6 Å². The van der Waals surface area contributed by atoms with E-state index in [1.807, 2.05) is 19.0 Å². The molecule has 1 aliphatic rings. The molecule has 2 aromatic rings. The number of aliphatic hydroxyl groups is 1. The lowest BCUT2D eigenvalue weighted by molar-refractivity contribution is -0.0319. The number of halogens is 2. The number of nitrogens with zero attached hydrogens (tertiary/aromatic N) is 3. The van der Waals surface area contributed by atoms with E-state index in [-0.39, 0.29) is 51.3 Å². The Kier molecular flexibility index (Phi) is 9.03. The maximum atomic E-state index is 14.1. The van der Waals surface area contributed by atoms with E-state index in [1.165, 1.54) is 16.9 Å². The van der Waals surface area contributed by atoms with E-state index < -0.39 is 28.5 Å². The van der Waals surface area contributed by atoms with E-state index in [9.17, 15) is 28.6 Å². The molecule has 1 saturated carbocycles. The predicted octanol–water partition coefficient (Wildman–Crippen LogP) is 3.57. The van der Waals surface area contributed by atoms with Crippen molar-refractivity contribution < 1.29 is 23.8 Å². The first-order valence-electron chi connectivity index (χ1n) is 12.4. The smallest absolute Gasteiger partial charge is 0.233 e. The topological polar surface area (TPSA) is 134 Å². The summed E-state index contributed by atoms with van der Waals surface area (Å²) in [5.74, 6) is -2.32. The van der Waals surface area contributed by atoms with Gasteiger partial charge in [-0.25, -0.2) is 8.78 Å². The number of aldehydes is 1. The molecule has 0 aliphatic heterocycles. The Labute approximate surface area is 230 Å². The van der Waals surface area contributed by atoms with Crippen LogP contribution in [-0.4, -0.2) is 69.6 Å². The molecule has 1 fully saturated rings. The van der Waals surface area contributed by atoms with Gasteiger partial charge in [0.15, 0.2) is 12.0 Å². The molecular weight excluding hydrogens is 528 g/mol. The number of carbonyl (C=O) groups is 1. The van der Waals surface area contributed by atoms with Gasteiger partial charge in [-0.05, 0) is 56.3 Å². The molecule has 0 amide bonds. The van der Waals surface area contributed by atoms with Crippen molar-refractivity contribution in [2.24, 2.45) is 11.3 Å². The Morgan fingerprint density at radius 1 is 1.26 bits per heavy atom. The van der Waals surface area contributed by atoms with Crippen molar-refractivity contribution in [1.82, 2.24) is 9.58 Å². The molecule has 4 N–H and O–H groups in total. The van der Waals surface area contributed by atoms with Crippen molar-refractivity contribution in [3.05, 3.63) is 63.1 Å². The lowest BCUT2D eigenvalue weighted by Crippen LogP contribution is -2.65. The minimum atomic E-state index is -0.941. The summed E-state index contributed by atoms with van der Waals surface area (Å²) < 4.78 is 28.6. The number of aromatic hydroxyl groups is 1. The van der Waals surface area contributed by atoms with Crippen molar-refractivity contribution in [3.8, 4) is 5.75 Å². The third kappa shape index (κ3) is 5.92. The van der Waals surface area contributed by atoms with E-state index in [2.05, 4.69) is 13.8 Å². The number of carbonyl (C=O) groups excluding carboxylic acids is 1. The van der Waals surface area contributed by atoms with Gasteiger partial charge in [-0.1, -0.05) is 31.7 Å². The first-order valence-corrected chi connectivity index (χ1v) is 13.2. The van der Waals surface area contributed by atoms with Crippen molar-refractivity contribution in [1.29, 1.82) is 10.8 Å². The van der Waals surface area contributed by atoms with Gasteiger partial charge >= 0.3 is 0 Å². The monoisotopic (exact) mass is 563 g/mol. The number of nitrogens with one attached hydrogen (secondary N) is 2. The highest BCUT2D eigenvalue weighted by atomic mass is 32.2. The summed E-state index contributed by atoms with van der Waals surface area (Å²) in [4.78, 5) is 27.0. The second-order valence-corrected chi connectivity index (χ2v) is 11.9. The van der Waals surface area contributed by atoms with Gasteiger partial charge in [-0.2, -0.15) is 0 Å². The highest BCUT2D eigenvalue weighted by molar-refractivity contribution is 8.26. The Balaban J connectivity index is 2.00. The van der Waals surface area contributed by atoms with Crippen molar-refractivity contribution in [2.75, 3.05) is 32.8 Å². The van der Waals surface area contributed by atoms with Crippen LogP contribution >= 0.6 is 11.8 Å². The first-order chi connectivity index (χ1) is 18.2. The Hall–Kier alpha value is -3.09. The second-order valence-electron chi connectivity index (χ2n) is 10.8. The fourth-order valence-corrected chi connectivity index (χ4v) is 6.15. The normalized spacial score (nSPS) is 20.6. The molecule has 1 aromatic carbocycles. The number of aliphatic hydroxyl groups excluding tert-OH is 1. The Morgan fingerprint density at radius 3 is 2.46 bits per heavy atom. The second kappa shape index (κ2) is 11.6. The molecule has 9 nitrogen and oxygen atoms in total. The molecule has 0 spiro atoms. The van der Waals surface area contributed by atoms with Crippen LogP contribution in [0, 0.1) is 33.8 Å². The zero-order valence-electron chi connectivity index (χ0n) is 22.7. The van der Waals surface area contributed by atoms with Crippen LogP contribution in [0.2, 0.25) is 0 Å². The fourth-order valence-electron chi connectivity index (χ4n) is 5.42. The van der Waals surface area contributed by atoms with Gasteiger partial charge in [-0.15, -0.1) is 0 Å². The average molecular weight is 564 g/mol. The summed E-state index contributed by atoms with van der Waals surface area (Å²) in [7, 11) is 5.51. The van der Waals surface area contributed by atoms with Gasteiger partial charge in [0, 0.05) is 32.3 Å². The molecule has 12 heteroatoms. The standard InChI is InChI=1S/C27H35F2N5O4S/c1-26(2)15-27(32(3)4,9-8-17(26)13-35)33(5)34-12-19(23(37)24(38)21(34)14-36)25(31)39-22(30)10-16-6-7-18(28)11-20(16)29/h6-7,11-12,14,17,30-31,35,38H,8-10,13,15H2,1-5H3. The lowest BCUT2D eigenvalue weighted by Gasteiger charge is -2.56. The molecular formula is C27H35F2N5O4S. The molecule has 1 aromatic heterocycles. The van der Waals surface area contributed by atoms with Crippen LogP contribution in [0.4, 0.5) is 8.78 Å². The summed E-state index contributed by atoms with van der Waals surface area (Å²) in [6, 6.07) is 2.99. The zero-order valence-corrected chi connectivity index (χ0v) is 23.5. The van der Waals surface area contributed by atoms with Gasteiger partial charge in [-0.3, -0.25) is 35.0 Å². The van der Waals surface area contributed by atoms with E-state index in [4.69, 9.17) is 10.8 Å². The largest absolute Gasteiger partial charge is 0.503 e. The molecule has 212 valence electrons. The summed E-state index contributed by atoms with van der Waals surface area (Å²) in [5, 5.41) is 38.6. The van der Waals surface area contributed by atoms with E-state index in [1.54, 1.807) is 12.1 Å². The number of hydrogen-bond acceptors (Lipinski definition) is 9. The molecule has 1 heterocycles. The molecule has 1 aliphatic carbocycles. The van der Waals surface area contributed by atoms with Crippen LogP contribution in [-0.2, 0) is 6.42 Å². The number of pyridine rings is 1. The molecule has 0 saturated heterocycles. The predicted molar refractivity (Wildman–Crippen MR) is 149 cm³/mol. The van der Waals surface area contributed by atoms with Crippen LogP contribution in [0.15, 0.2) is 29.2 Å². The van der Waals surface area contributed by atoms with Crippen LogP contribution in [0.25, 0.3) is 0 Å². The van der Waals surface area contributed by atoms with Gasteiger partial charge in [0.25, 0.3) is 0 Å². The third-order valence-electron chi connectivity index (χ3n) is 7.86. The molecule has 2 unspecified atom stereocenters. The maximum Gasteiger partial charge on any atom is 0.233 e. The van der Waals surface area contributed by atoms with Gasteiger partial charge in [0.2, 0.25) is 5.43 Å². The number of thioether (sulfide) groups is 1. The van der Waals surface area contributed by atoms with Crippen molar-refractivity contribution in [2.45, 2.75) is 45.2 Å². The van der Waals surface area contributed by atoms with E-state index in [0.29, 0.717) is 43.4 Å². The molecule has 0 bridgehead atoms. The quantitative estimate of drug-likeness (QED) is 0.167. The minimum absolute atomic E-state index is 0.0466. The van der Waals surface area contributed by atoms with E-state index >= 15 is 0 Å². The third-order valence-corrected chi connectivity index (χ3v) is 8.68. The van der Waals surface area contributed by atoms with Crippen LogP contribution < -0.4 is 10.4 Å². The molecule has 2 atom stereocenters. The Bertz CT molecular complexity index is 1350. The first kappa shape index (κ1) is 30.5. The number of rotatable bonds is 8. The van der Waals surface area contributed by atoms with Crippen molar-refractivity contribution >= 4 is 28.1 Å². The SMILES string of the molecule is CN(C)C1(N(C)n2cc(C(=N)SC(=N)Cc3ccc(F)cc3F)c(=O)c(O)c2C=O)CCC(CO)C(C)(C)C1. The fraction of sp³-hybridized carbons (Fsp3) is 0.481. The highest BCUT2D eigenvalue weighted by Gasteiger charge is 2.49. The highest BCUT2D eigenvalue weighted by Crippen LogP contribution is 2.47. The van der Waals surface area contributed by atoms with Crippen LogP contribution in [0.5, 0.6) is 5.75 Å². The number of hydrogen-bond donors (Lipinski definition) is 4. The summed E-state index contributed by atoms with van der Waals surface area (Å²) >= 11 is 0.598. The number of aromatic nitrogens is 1. The summed E-state index contributed by atoms with van der Waals surface area (Å²) in [6.45, 7) is 4.18.